The van der Waals surface area contributed by atoms with Crippen molar-refractivity contribution in [2.75, 3.05) is 39.6 Å². The molecule has 0 spiro atoms. The number of ether oxygens (including phenoxy) is 4. The summed E-state index contributed by atoms with van der Waals surface area (Å²) in [6.07, 6.45) is 57.3. The molecule has 92 heavy (non-hydrogen) atoms. The molecular formula is C73H142O17P2. The van der Waals surface area contributed by atoms with Crippen molar-refractivity contribution in [1.82, 2.24) is 0 Å². The molecule has 0 aliphatic rings. The highest BCUT2D eigenvalue weighted by Crippen LogP contribution is 2.45. The van der Waals surface area contributed by atoms with E-state index in [4.69, 9.17) is 37.0 Å². The van der Waals surface area contributed by atoms with Gasteiger partial charge in [0.25, 0.3) is 0 Å². The van der Waals surface area contributed by atoms with E-state index in [9.17, 15) is 43.2 Å². The molecule has 0 aliphatic heterocycles. The predicted octanol–water partition coefficient (Wildman–Crippen LogP) is 21.4. The zero-order valence-electron chi connectivity index (χ0n) is 59.5. The smallest absolute Gasteiger partial charge is 0.462 e. The molecule has 0 saturated heterocycles. The van der Waals surface area contributed by atoms with Crippen molar-refractivity contribution in [3.05, 3.63) is 0 Å². The van der Waals surface area contributed by atoms with Crippen LogP contribution in [0.15, 0.2) is 0 Å². The highest BCUT2D eigenvalue weighted by Gasteiger charge is 2.30. The van der Waals surface area contributed by atoms with Gasteiger partial charge in [0.1, 0.15) is 19.3 Å². The normalized spacial score (nSPS) is 13.9. The van der Waals surface area contributed by atoms with E-state index in [1.54, 1.807) is 0 Å². The molecule has 17 nitrogen and oxygen atoms in total. The average Bonchev–Trinajstić information content (AvgIpc) is 2.43. The van der Waals surface area contributed by atoms with Crippen LogP contribution in [0.1, 0.15) is 387 Å². The van der Waals surface area contributed by atoms with E-state index in [0.29, 0.717) is 25.7 Å². The first-order chi connectivity index (χ1) is 44.7. The maximum absolute atomic E-state index is 13.1. The zero-order valence-corrected chi connectivity index (χ0v) is 61.3. The SMILES string of the molecule is CCCCCCCCCCCCCCCCCCCCCCCC(=O)O[C@H](COC(=O)CCCCCCCCCCCCCCCC)COP(=O)(O)OC[C@@H](O)COP(=O)(O)OC[C@@H](COC(=O)CCCCCCC)OC(=O)CCCCCCCCCCCCCC. The number of hydrogen-bond donors (Lipinski definition) is 3. The first-order valence-electron chi connectivity index (χ1n) is 38.3. The quantitative estimate of drug-likeness (QED) is 0.0222. The maximum atomic E-state index is 13.1. The summed E-state index contributed by atoms with van der Waals surface area (Å²) in [7, 11) is -9.89. The Balaban J connectivity index is 5.11. The fraction of sp³-hybridized carbons (Fsp3) is 0.945. The lowest BCUT2D eigenvalue weighted by molar-refractivity contribution is -0.161. The number of rotatable bonds is 74. The van der Waals surface area contributed by atoms with Crippen LogP contribution in [0.2, 0.25) is 0 Å². The highest BCUT2D eigenvalue weighted by atomic mass is 31.2. The molecule has 0 aromatic heterocycles. The van der Waals surface area contributed by atoms with Gasteiger partial charge in [-0.2, -0.15) is 0 Å². The third-order valence-corrected chi connectivity index (χ3v) is 19.0. The second kappa shape index (κ2) is 67.6. The van der Waals surface area contributed by atoms with Crippen molar-refractivity contribution in [3.8, 4) is 0 Å². The van der Waals surface area contributed by atoms with Crippen LogP contribution in [0.5, 0.6) is 0 Å². The van der Waals surface area contributed by atoms with Crippen molar-refractivity contribution in [2.24, 2.45) is 0 Å². The van der Waals surface area contributed by atoms with Crippen LogP contribution in [0.25, 0.3) is 0 Å². The van der Waals surface area contributed by atoms with Gasteiger partial charge in [0.05, 0.1) is 26.4 Å². The van der Waals surface area contributed by atoms with E-state index in [1.807, 2.05) is 0 Å². The predicted molar refractivity (Wildman–Crippen MR) is 372 cm³/mol. The van der Waals surface area contributed by atoms with Gasteiger partial charge in [-0.3, -0.25) is 37.3 Å². The molecule has 0 radical (unpaired) electrons. The maximum Gasteiger partial charge on any atom is 0.472 e. The van der Waals surface area contributed by atoms with Crippen LogP contribution in [0.4, 0.5) is 0 Å². The Morgan fingerprint density at radius 2 is 0.435 bits per heavy atom. The minimum atomic E-state index is -4.95. The summed E-state index contributed by atoms with van der Waals surface area (Å²) in [5, 5.41) is 10.6. The fourth-order valence-electron chi connectivity index (χ4n) is 11.2. The van der Waals surface area contributed by atoms with Crippen LogP contribution < -0.4 is 0 Å². The number of esters is 4. The van der Waals surface area contributed by atoms with Crippen molar-refractivity contribution in [2.45, 2.75) is 406 Å². The molecule has 0 rings (SSSR count). The summed E-state index contributed by atoms with van der Waals surface area (Å²) in [5.41, 5.74) is 0. The first-order valence-corrected chi connectivity index (χ1v) is 41.3. The molecule has 546 valence electrons. The van der Waals surface area contributed by atoms with Crippen molar-refractivity contribution < 1.29 is 80.2 Å². The van der Waals surface area contributed by atoms with Gasteiger partial charge in [0.2, 0.25) is 0 Å². The first kappa shape index (κ1) is 90.1. The summed E-state index contributed by atoms with van der Waals surface area (Å²) in [6, 6.07) is 0. The van der Waals surface area contributed by atoms with E-state index in [-0.39, 0.29) is 25.7 Å². The average molecular weight is 1350 g/mol. The Hall–Kier alpha value is -1.94. The number of carbonyl (C=O) groups is 4. The molecule has 0 fully saturated rings. The Kier molecular flexibility index (Phi) is 66.2. The largest absolute Gasteiger partial charge is 0.472 e. The van der Waals surface area contributed by atoms with Crippen molar-refractivity contribution in [3.63, 3.8) is 0 Å². The van der Waals surface area contributed by atoms with Gasteiger partial charge in [-0.05, 0) is 25.7 Å². The molecular weight excluding hydrogens is 1210 g/mol. The van der Waals surface area contributed by atoms with Gasteiger partial charge in [-0.15, -0.1) is 0 Å². The van der Waals surface area contributed by atoms with E-state index in [0.717, 1.165) is 96.3 Å². The van der Waals surface area contributed by atoms with E-state index >= 15 is 0 Å². The third-order valence-electron chi connectivity index (χ3n) is 17.1. The van der Waals surface area contributed by atoms with Crippen LogP contribution in [-0.4, -0.2) is 96.7 Å². The molecule has 0 aromatic rings. The van der Waals surface area contributed by atoms with Crippen molar-refractivity contribution in [1.29, 1.82) is 0 Å². The molecule has 0 bridgehead atoms. The second-order valence-electron chi connectivity index (χ2n) is 26.3. The van der Waals surface area contributed by atoms with E-state index in [2.05, 4.69) is 27.7 Å². The summed E-state index contributed by atoms with van der Waals surface area (Å²) in [6.45, 7) is 4.88. The monoisotopic (exact) mass is 1350 g/mol. The molecule has 3 N–H and O–H groups in total. The Labute approximate surface area is 562 Å². The number of unbranched alkanes of at least 4 members (excludes halogenated alkanes) is 48. The van der Waals surface area contributed by atoms with Crippen LogP contribution in [0.3, 0.4) is 0 Å². The number of carbonyl (C=O) groups excluding carboxylic acids is 4. The molecule has 0 saturated carbocycles. The summed E-state index contributed by atoms with van der Waals surface area (Å²) in [4.78, 5) is 72.4. The fourth-order valence-corrected chi connectivity index (χ4v) is 12.8. The minimum absolute atomic E-state index is 0.107. The number of hydrogen-bond acceptors (Lipinski definition) is 15. The minimum Gasteiger partial charge on any atom is -0.462 e. The van der Waals surface area contributed by atoms with Gasteiger partial charge >= 0.3 is 39.5 Å². The summed E-state index contributed by atoms with van der Waals surface area (Å²) in [5.74, 6) is -2.13. The van der Waals surface area contributed by atoms with Gasteiger partial charge in [0, 0.05) is 25.7 Å². The molecule has 5 atom stereocenters. The van der Waals surface area contributed by atoms with Crippen LogP contribution >= 0.6 is 15.6 Å². The summed E-state index contributed by atoms with van der Waals surface area (Å²) >= 11 is 0. The standard InChI is InChI=1S/C73H142O17P2/c1-5-9-13-17-20-23-26-29-31-32-33-34-35-36-37-39-42-45-48-52-56-60-73(78)90-69(64-84-71(76)58-54-50-46-43-41-38-30-27-24-21-18-14-10-6-2)66-88-92(81,82)86-62-67(74)61-85-91(79,80)87-65-68(63-83-70(75)57-53-49-16-12-8-4)89-72(77)59-55-51-47-44-40-28-25-22-19-15-11-7-3/h67-69,74H,5-66H2,1-4H3,(H,79,80)(H,81,82)/t67-,68+,69+/m0/s1. The molecule has 0 amide bonds. The van der Waals surface area contributed by atoms with Crippen molar-refractivity contribution >= 4 is 39.5 Å². The Morgan fingerprint density at radius 3 is 0.641 bits per heavy atom. The van der Waals surface area contributed by atoms with Gasteiger partial charge < -0.3 is 33.8 Å². The van der Waals surface area contributed by atoms with Gasteiger partial charge in [-0.25, -0.2) is 9.13 Å². The van der Waals surface area contributed by atoms with E-state index in [1.165, 1.54) is 212 Å². The molecule has 0 aromatic carbocycles. The second-order valence-corrected chi connectivity index (χ2v) is 29.2. The molecule has 0 heterocycles. The lowest BCUT2D eigenvalue weighted by Gasteiger charge is -2.21. The van der Waals surface area contributed by atoms with Crippen LogP contribution in [-0.2, 0) is 65.4 Å². The highest BCUT2D eigenvalue weighted by molar-refractivity contribution is 7.47. The third kappa shape index (κ3) is 66.7. The van der Waals surface area contributed by atoms with Gasteiger partial charge in [-0.1, -0.05) is 336 Å². The number of phosphoric acid groups is 2. The lowest BCUT2D eigenvalue weighted by atomic mass is 10.0. The van der Waals surface area contributed by atoms with Crippen LogP contribution in [0, 0.1) is 0 Å². The Bertz CT molecular complexity index is 1760. The molecule has 0 aliphatic carbocycles. The van der Waals surface area contributed by atoms with Gasteiger partial charge in [0.15, 0.2) is 12.2 Å². The molecule has 19 heteroatoms. The zero-order chi connectivity index (χ0) is 67.5. The number of phosphoric ester groups is 2. The summed E-state index contributed by atoms with van der Waals surface area (Å²) < 4.78 is 68.2. The lowest BCUT2D eigenvalue weighted by Crippen LogP contribution is -2.30. The Morgan fingerprint density at radius 1 is 0.261 bits per heavy atom. The number of aliphatic hydroxyl groups excluding tert-OH is 1. The van der Waals surface area contributed by atoms with E-state index < -0.39 is 97.5 Å². The number of aliphatic hydroxyl groups is 1. The topological polar surface area (TPSA) is 237 Å². The molecule has 2 unspecified atom stereocenters.